The maximum absolute atomic E-state index is 12.5. The number of nitro benzene ring substituents is 2. The zero-order valence-corrected chi connectivity index (χ0v) is 13.7. The standard InChI is InChI=1S/C17H15N3O6/c21-17(11-26-16-6-2-1-5-15(16)20(24)25)18-9-3-4-12-10-13(19(22)23)7-8-14(12)18/h1-2,5-8,10H,3-4,9,11H2. The molecule has 0 aromatic heterocycles. The predicted molar refractivity (Wildman–Crippen MR) is 92.4 cm³/mol. The molecule has 9 nitrogen and oxygen atoms in total. The highest BCUT2D eigenvalue weighted by molar-refractivity contribution is 5.95. The summed E-state index contributed by atoms with van der Waals surface area (Å²) < 4.78 is 5.35. The number of hydrogen-bond acceptors (Lipinski definition) is 6. The minimum atomic E-state index is -0.574. The smallest absolute Gasteiger partial charge is 0.310 e. The summed E-state index contributed by atoms with van der Waals surface area (Å²) in [4.78, 5) is 34.9. The van der Waals surface area contributed by atoms with Gasteiger partial charge in [-0.25, -0.2) is 0 Å². The van der Waals surface area contributed by atoms with Crippen LogP contribution in [0.5, 0.6) is 5.75 Å². The Balaban J connectivity index is 1.76. The van der Waals surface area contributed by atoms with Crippen LogP contribution in [0, 0.1) is 20.2 Å². The molecule has 0 saturated carbocycles. The summed E-state index contributed by atoms with van der Waals surface area (Å²) in [6, 6.07) is 10.2. The van der Waals surface area contributed by atoms with Crippen LogP contribution in [0.15, 0.2) is 42.5 Å². The van der Waals surface area contributed by atoms with Gasteiger partial charge in [-0.05, 0) is 30.5 Å². The number of nitro groups is 2. The van der Waals surface area contributed by atoms with Gasteiger partial charge in [-0.2, -0.15) is 0 Å². The zero-order chi connectivity index (χ0) is 18.7. The molecule has 0 aliphatic carbocycles. The van der Waals surface area contributed by atoms with Crippen molar-refractivity contribution < 1.29 is 19.4 Å². The molecule has 1 aliphatic rings. The van der Waals surface area contributed by atoms with E-state index in [0.29, 0.717) is 25.1 Å². The first-order chi connectivity index (χ1) is 12.5. The molecule has 0 spiro atoms. The second-order valence-electron chi connectivity index (χ2n) is 5.73. The van der Waals surface area contributed by atoms with Crippen molar-refractivity contribution in [3.05, 3.63) is 68.3 Å². The molecule has 134 valence electrons. The summed E-state index contributed by atoms with van der Waals surface area (Å²) in [6.45, 7) is 0.102. The number of ether oxygens (including phenoxy) is 1. The highest BCUT2D eigenvalue weighted by atomic mass is 16.6. The lowest BCUT2D eigenvalue weighted by atomic mass is 10.0. The van der Waals surface area contributed by atoms with Gasteiger partial charge in [-0.3, -0.25) is 25.0 Å². The molecule has 1 heterocycles. The lowest BCUT2D eigenvalue weighted by molar-refractivity contribution is -0.385. The second-order valence-corrected chi connectivity index (χ2v) is 5.73. The molecule has 26 heavy (non-hydrogen) atoms. The second kappa shape index (κ2) is 7.18. The van der Waals surface area contributed by atoms with E-state index in [1.165, 1.54) is 35.2 Å². The molecule has 1 aliphatic heterocycles. The number of carbonyl (C=O) groups excluding carboxylic acids is 1. The summed E-state index contributed by atoms with van der Waals surface area (Å²) in [7, 11) is 0. The number of hydrogen-bond donors (Lipinski definition) is 0. The van der Waals surface area contributed by atoms with Crippen LogP contribution in [-0.4, -0.2) is 28.9 Å². The van der Waals surface area contributed by atoms with Gasteiger partial charge in [0.05, 0.1) is 9.85 Å². The molecule has 3 rings (SSSR count). The van der Waals surface area contributed by atoms with Crippen LogP contribution in [0.2, 0.25) is 0 Å². The molecule has 2 aromatic carbocycles. The van der Waals surface area contributed by atoms with E-state index in [4.69, 9.17) is 4.74 Å². The summed E-state index contributed by atoms with van der Waals surface area (Å²) in [5.74, 6) is -0.343. The lowest BCUT2D eigenvalue weighted by Gasteiger charge is -2.29. The fraction of sp³-hybridized carbons (Fsp3) is 0.235. The van der Waals surface area contributed by atoms with Gasteiger partial charge in [0.15, 0.2) is 12.4 Å². The summed E-state index contributed by atoms with van der Waals surface area (Å²) in [5, 5.41) is 21.9. The minimum absolute atomic E-state index is 0.0193. The van der Waals surface area contributed by atoms with E-state index >= 15 is 0 Å². The van der Waals surface area contributed by atoms with Gasteiger partial charge in [0.25, 0.3) is 11.6 Å². The van der Waals surface area contributed by atoms with Crippen LogP contribution >= 0.6 is 0 Å². The first-order valence-electron chi connectivity index (χ1n) is 7.91. The van der Waals surface area contributed by atoms with Crippen molar-refractivity contribution in [2.45, 2.75) is 12.8 Å². The molecular weight excluding hydrogens is 342 g/mol. The first kappa shape index (κ1) is 17.3. The number of para-hydroxylation sites is 2. The van der Waals surface area contributed by atoms with Crippen LogP contribution in [0.25, 0.3) is 0 Å². The van der Waals surface area contributed by atoms with E-state index < -0.39 is 9.85 Å². The molecule has 0 fully saturated rings. The molecule has 0 radical (unpaired) electrons. The number of fused-ring (bicyclic) bond motifs is 1. The third kappa shape index (κ3) is 3.46. The Morgan fingerprint density at radius 1 is 1.12 bits per heavy atom. The quantitative estimate of drug-likeness (QED) is 0.600. The molecule has 1 amide bonds. The van der Waals surface area contributed by atoms with Gasteiger partial charge >= 0.3 is 5.69 Å². The molecule has 0 N–H and O–H groups in total. The van der Waals surface area contributed by atoms with Gasteiger partial charge in [0, 0.05) is 30.4 Å². The van der Waals surface area contributed by atoms with E-state index in [-0.39, 0.29) is 29.6 Å². The van der Waals surface area contributed by atoms with Crippen LogP contribution in [0.3, 0.4) is 0 Å². The summed E-state index contributed by atoms with van der Waals surface area (Å²) >= 11 is 0. The van der Waals surface area contributed by atoms with Crippen molar-refractivity contribution in [1.82, 2.24) is 0 Å². The Labute approximate surface area is 148 Å². The van der Waals surface area contributed by atoms with Crippen LogP contribution in [0.1, 0.15) is 12.0 Å². The van der Waals surface area contributed by atoms with Gasteiger partial charge in [-0.1, -0.05) is 12.1 Å². The SMILES string of the molecule is O=C(COc1ccccc1[N+](=O)[O-])N1CCCc2cc([N+](=O)[O-])ccc21. The van der Waals surface area contributed by atoms with Crippen molar-refractivity contribution in [3.8, 4) is 5.75 Å². The van der Waals surface area contributed by atoms with Gasteiger partial charge < -0.3 is 9.64 Å². The fourth-order valence-corrected chi connectivity index (χ4v) is 2.90. The van der Waals surface area contributed by atoms with E-state index in [0.717, 1.165) is 5.56 Å². The maximum atomic E-state index is 12.5. The van der Waals surface area contributed by atoms with Crippen molar-refractivity contribution in [2.75, 3.05) is 18.1 Å². The molecule has 0 atom stereocenters. The zero-order valence-electron chi connectivity index (χ0n) is 13.7. The van der Waals surface area contributed by atoms with Crippen molar-refractivity contribution >= 4 is 23.0 Å². The Hall–Kier alpha value is -3.49. The number of amides is 1. The number of non-ortho nitro benzene ring substituents is 1. The van der Waals surface area contributed by atoms with E-state index in [2.05, 4.69) is 0 Å². The number of aryl methyl sites for hydroxylation is 1. The number of anilines is 1. The number of benzene rings is 2. The average Bonchev–Trinajstić information content (AvgIpc) is 2.65. The largest absolute Gasteiger partial charge is 0.477 e. The van der Waals surface area contributed by atoms with Crippen LogP contribution < -0.4 is 9.64 Å². The topological polar surface area (TPSA) is 116 Å². The van der Waals surface area contributed by atoms with Gasteiger partial charge in [-0.15, -0.1) is 0 Å². The molecular formula is C17H15N3O6. The third-order valence-corrected chi connectivity index (χ3v) is 4.11. The fourth-order valence-electron chi connectivity index (χ4n) is 2.90. The van der Waals surface area contributed by atoms with Crippen molar-refractivity contribution in [1.29, 1.82) is 0 Å². The Morgan fingerprint density at radius 3 is 2.62 bits per heavy atom. The number of carbonyl (C=O) groups is 1. The van der Waals surface area contributed by atoms with Crippen LogP contribution in [-0.2, 0) is 11.2 Å². The van der Waals surface area contributed by atoms with E-state index in [1.54, 1.807) is 12.1 Å². The lowest BCUT2D eigenvalue weighted by Crippen LogP contribution is -2.38. The van der Waals surface area contributed by atoms with Crippen LogP contribution in [0.4, 0.5) is 17.1 Å². The summed E-state index contributed by atoms with van der Waals surface area (Å²) in [5.41, 5.74) is 1.10. The molecule has 0 saturated heterocycles. The predicted octanol–water partition coefficient (Wildman–Crippen LogP) is 2.86. The number of nitrogens with zero attached hydrogens (tertiary/aromatic N) is 3. The normalized spacial score (nSPS) is 13.0. The minimum Gasteiger partial charge on any atom is -0.477 e. The Kier molecular flexibility index (Phi) is 4.78. The molecule has 9 heteroatoms. The number of rotatable bonds is 5. The molecule has 0 bridgehead atoms. The molecule has 0 unspecified atom stereocenters. The van der Waals surface area contributed by atoms with E-state index in [1.807, 2.05) is 0 Å². The highest BCUT2D eigenvalue weighted by Crippen LogP contribution is 2.31. The van der Waals surface area contributed by atoms with Crippen molar-refractivity contribution in [3.63, 3.8) is 0 Å². The maximum Gasteiger partial charge on any atom is 0.310 e. The average molecular weight is 357 g/mol. The Morgan fingerprint density at radius 2 is 1.88 bits per heavy atom. The first-order valence-corrected chi connectivity index (χ1v) is 7.91. The van der Waals surface area contributed by atoms with Gasteiger partial charge in [0.2, 0.25) is 0 Å². The third-order valence-electron chi connectivity index (χ3n) is 4.11. The highest BCUT2D eigenvalue weighted by Gasteiger charge is 2.25. The summed E-state index contributed by atoms with van der Waals surface area (Å²) in [6.07, 6.45) is 1.32. The monoisotopic (exact) mass is 357 g/mol. The Bertz CT molecular complexity index is 883. The molecule has 2 aromatic rings. The van der Waals surface area contributed by atoms with Crippen molar-refractivity contribution in [2.24, 2.45) is 0 Å². The van der Waals surface area contributed by atoms with Gasteiger partial charge in [0.1, 0.15) is 0 Å². The van der Waals surface area contributed by atoms with E-state index in [9.17, 15) is 25.0 Å².